The summed E-state index contributed by atoms with van der Waals surface area (Å²) >= 11 is 7.48. The maximum absolute atomic E-state index is 12.5. The fourth-order valence-electron chi connectivity index (χ4n) is 2.17. The second kappa shape index (κ2) is 4.79. The molecule has 3 heterocycles. The van der Waals surface area contributed by atoms with E-state index < -0.39 is 0 Å². The number of fused-ring (bicyclic) bond motifs is 1. The number of rotatable bonds is 2. The number of pyridine rings is 2. The lowest BCUT2D eigenvalue weighted by Gasteiger charge is -2.10. The molecular weight excluding hydrogens is 280 g/mol. The van der Waals surface area contributed by atoms with Gasteiger partial charge >= 0.3 is 0 Å². The standard InChI is InChI=1S/C14H11ClN2OS/c1-2-17-11-7-13(15)16-8-9(11)6-10(14(17)18)12-4-3-5-19-12/h3-8H,2H2,1H3. The van der Waals surface area contributed by atoms with E-state index in [1.165, 1.54) is 0 Å². The van der Waals surface area contributed by atoms with E-state index in [0.29, 0.717) is 17.3 Å². The zero-order valence-corrected chi connectivity index (χ0v) is 11.8. The van der Waals surface area contributed by atoms with Gasteiger partial charge in [-0.1, -0.05) is 17.7 Å². The Bertz CT molecular complexity index is 793. The summed E-state index contributed by atoms with van der Waals surface area (Å²) in [6, 6.07) is 7.52. The second-order valence-electron chi connectivity index (χ2n) is 4.15. The Balaban J connectivity index is 2.41. The largest absolute Gasteiger partial charge is 0.308 e. The molecule has 0 fully saturated rings. The Hall–Kier alpha value is -1.65. The van der Waals surface area contributed by atoms with Gasteiger partial charge in [0.2, 0.25) is 0 Å². The Labute approximate surface area is 119 Å². The summed E-state index contributed by atoms with van der Waals surface area (Å²) in [7, 11) is 0. The van der Waals surface area contributed by atoms with Crippen LogP contribution < -0.4 is 5.56 Å². The molecule has 0 bridgehead atoms. The van der Waals surface area contributed by atoms with Gasteiger partial charge in [-0.3, -0.25) is 4.79 Å². The molecule has 0 unspecified atom stereocenters. The van der Waals surface area contributed by atoms with Crippen LogP contribution in [0.3, 0.4) is 0 Å². The van der Waals surface area contributed by atoms with Gasteiger partial charge in [0.1, 0.15) is 5.15 Å². The number of hydrogen-bond donors (Lipinski definition) is 0. The number of aryl methyl sites for hydroxylation is 1. The van der Waals surface area contributed by atoms with E-state index in [9.17, 15) is 4.79 Å². The molecule has 0 aliphatic heterocycles. The van der Waals surface area contributed by atoms with Gasteiger partial charge in [-0.15, -0.1) is 11.3 Å². The molecule has 5 heteroatoms. The molecular formula is C14H11ClN2OS. The predicted octanol–water partition coefficient (Wildman–Crippen LogP) is 3.80. The third-order valence-corrected chi connectivity index (χ3v) is 4.16. The van der Waals surface area contributed by atoms with E-state index in [0.717, 1.165) is 15.8 Å². The fourth-order valence-corrected chi connectivity index (χ4v) is 3.06. The Morgan fingerprint density at radius 1 is 1.42 bits per heavy atom. The maximum atomic E-state index is 12.5. The van der Waals surface area contributed by atoms with Crippen molar-refractivity contribution in [2.75, 3.05) is 0 Å². The maximum Gasteiger partial charge on any atom is 0.259 e. The van der Waals surface area contributed by atoms with Crippen LogP contribution in [0.5, 0.6) is 0 Å². The average molecular weight is 291 g/mol. The molecule has 0 amide bonds. The van der Waals surface area contributed by atoms with Gasteiger partial charge < -0.3 is 4.57 Å². The van der Waals surface area contributed by atoms with Crippen LogP contribution in [0.15, 0.2) is 40.6 Å². The van der Waals surface area contributed by atoms with Gasteiger partial charge in [-0.05, 0) is 30.5 Å². The Morgan fingerprint density at radius 2 is 2.26 bits per heavy atom. The molecule has 0 aliphatic carbocycles. The quantitative estimate of drug-likeness (QED) is 0.673. The minimum absolute atomic E-state index is 0.0136. The molecule has 3 aromatic heterocycles. The van der Waals surface area contributed by atoms with Gasteiger partial charge in [0.25, 0.3) is 5.56 Å². The van der Waals surface area contributed by atoms with Gasteiger partial charge in [0.05, 0.1) is 11.1 Å². The van der Waals surface area contributed by atoms with E-state index in [1.54, 1.807) is 28.2 Å². The van der Waals surface area contributed by atoms with Crippen molar-refractivity contribution in [1.29, 1.82) is 0 Å². The number of thiophene rings is 1. The van der Waals surface area contributed by atoms with Crippen molar-refractivity contribution in [1.82, 2.24) is 9.55 Å². The van der Waals surface area contributed by atoms with E-state index in [4.69, 9.17) is 11.6 Å². The highest BCUT2D eigenvalue weighted by Crippen LogP contribution is 2.25. The highest BCUT2D eigenvalue weighted by atomic mass is 35.5. The molecule has 19 heavy (non-hydrogen) atoms. The van der Waals surface area contributed by atoms with Crippen LogP contribution in [0.25, 0.3) is 21.3 Å². The smallest absolute Gasteiger partial charge is 0.259 e. The summed E-state index contributed by atoms with van der Waals surface area (Å²) in [5, 5.41) is 3.29. The zero-order chi connectivity index (χ0) is 13.4. The molecule has 0 radical (unpaired) electrons. The summed E-state index contributed by atoms with van der Waals surface area (Å²) in [5.41, 5.74) is 1.56. The predicted molar refractivity (Wildman–Crippen MR) is 80.0 cm³/mol. The van der Waals surface area contributed by atoms with Crippen molar-refractivity contribution in [2.24, 2.45) is 0 Å². The summed E-state index contributed by atoms with van der Waals surface area (Å²) in [6.45, 7) is 2.56. The molecule has 0 saturated heterocycles. The minimum atomic E-state index is 0.0136. The molecule has 0 spiro atoms. The van der Waals surface area contributed by atoms with E-state index in [1.807, 2.05) is 30.5 Å². The van der Waals surface area contributed by atoms with Crippen LogP contribution in [-0.4, -0.2) is 9.55 Å². The van der Waals surface area contributed by atoms with Crippen LogP contribution in [0.1, 0.15) is 6.92 Å². The average Bonchev–Trinajstić information content (AvgIpc) is 2.92. The molecule has 0 N–H and O–H groups in total. The number of nitrogens with zero attached hydrogens (tertiary/aromatic N) is 2. The molecule has 3 nitrogen and oxygen atoms in total. The summed E-state index contributed by atoms with van der Waals surface area (Å²) < 4.78 is 1.73. The number of aromatic nitrogens is 2. The lowest BCUT2D eigenvalue weighted by molar-refractivity contribution is 0.761. The molecule has 0 aromatic carbocycles. The lowest BCUT2D eigenvalue weighted by Crippen LogP contribution is -2.21. The number of hydrogen-bond acceptors (Lipinski definition) is 3. The highest BCUT2D eigenvalue weighted by Gasteiger charge is 2.11. The van der Waals surface area contributed by atoms with Crippen molar-refractivity contribution in [3.05, 3.63) is 51.3 Å². The molecule has 96 valence electrons. The van der Waals surface area contributed by atoms with Crippen LogP contribution in [0.2, 0.25) is 5.15 Å². The third kappa shape index (κ3) is 2.07. The SMILES string of the molecule is CCn1c(=O)c(-c2cccs2)cc2cnc(Cl)cc21. The van der Waals surface area contributed by atoms with Gasteiger partial charge in [-0.2, -0.15) is 0 Å². The molecule has 3 aromatic rings. The highest BCUT2D eigenvalue weighted by molar-refractivity contribution is 7.13. The van der Waals surface area contributed by atoms with Crippen LogP contribution in [-0.2, 0) is 6.54 Å². The van der Waals surface area contributed by atoms with E-state index >= 15 is 0 Å². The first-order chi connectivity index (χ1) is 9.20. The first-order valence-corrected chi connectivity index (χ1v) is 7.19. The minimum Gasteiger partial charge on any atom is -0.308 e. The van der Waals surface area contributed by atoms with E-state index in [-0.39, 0.29) is 5.56 Å². The monoisotopic (exact) mass is 290 g/mol. The zero-order valence-electron chi connectivity index (χ0n) is 10.3. The van der Waals surface area contributed by atoms with E-state index in [2.05, 4.69) is 4.98 Å². The van der Waals surface area contributed by atoms with Crippen molar-refractivity contribution in [2.45, 2.75) is 13.5 Å². The van der Waals surface area contributed by atoms with Crippen molar-refractivity contribution < 1.29 is 0 Å². The fraction of sp³-hybridized carbons (Fsp3) is 0.143. The van der Waals surface area contributed by atoms with Crippen molar-refractivity contribution in [3.63, 3.8) is 0 Å². The topological polar surface area (TPSA) is 34.9 Å². The van der Waals surface area contributed by atoms with Crippen LogP contribution >= 0.6 is 22.9 Å². The summed E-state index contributed by atoms with van der Waals surface area (Å²) in [5.74, 6) is 0. The van der Waals surface area contributed by atoms with Crippen LogP contribution in [0, 0.1) is 0 Å². The summed E-state index contributed by atoms with van der Waals surface area (Å²) in [4.78, 5) is 17.6. The van der Waals surface area contributed by atoms with Crippen LogP contribution in [0.4, 0.5) is 0 Å². The molecule has 0 aliphatic rings. The molecule has 3 rings (SSSR count). The van der Waals surface area contributed by atoms with Crippen molar-refractivity contribution >= 4 is 33.8 Å². The molecule has 0 saturated carbocycles. The third-order valence-electron chi connectivity index (χ3n) is 3.05. The second-order valence-corrected chi connectivity index (χ2v) is 5.49. The molecule has 0 atom stereocenters. The van der Waals surface area contributed by atoms with Crippen molar-refractivity contribution in [3.8, 4) is 10.4 Å². The first kappa shape index (κ1) is 12.4. The normalized spacial score (nSPS) is 11.1. The number of halogens is 1. The van der Waals surface area contributed by atoms with Gasteiger partial charge in [0.15, 0.2) is 0 Å². The summed E-state index contributed by atoms with van der Waals surface area (Å²) in [6.07, 6.45) is 1.71. The lowest BCUT2D eigenvalue weighted by atomic mass is 10.1. The Morgan fingerprint density at radius 3 is 2.95 bits per heavy atom. The first-order valence-electron chi connectivity index (χ1n) is 5.93. The van der Waals surface area contributed by atoms with Gasteiger partial charge in [0, 0.05) is 23.0 Å². The Kier molecular flexibility index (Phi) is 3.12. The van der Waals surface area contributed by atoms with Gasteiger partial charge in [-0.25, -0.2) is 4.98 Å².